The van der Waals surface area contributed by atoms with Gasteiger partial charge in [-0.25, -0.2) is 0 Å². The molecule has 136 valence electrons. The van der Waals surface area contributed by atoms with Crippen molar-refractivity contribution >= 4 is 0 Å². The number of unbranched alkanes of at least 4 members (excludes halogenated alkanes) is 2. The minimum absolute atomic E-state index is 0.550. The van der Waals surface area contributed by atoms with Crippen LogP contribution in [0.25, 0.3) is 0 Å². The molecule has 1 aromatic rings. The summed E-state index contributed by atoms with van der Waals surface area (Å²) in [6.45, 7) is 16.8. The molecule has 3 nitrogen and oxygen atoms in total. The summed E-state index contributed by atoms with van der Waals surface area (Å²) in [5.74, 6) is 1.60. The Morgan fingerprint density at radius 3 is 2.29 bits per heavy atom. The van der Waals surface area contributed by atoms with Gasteiger partial charge in [0.2, 0.25) is 0 Å². The van der Waals surface area contributed by atoms with Gasteiger partial charge in [0.1, 0.15) is 12.4 Å². The van der Waals surface area contributed by atoms with E-state index in [0.717, 1.165) is 18.9 Å². The van der Waals surface area contributed by atoms with Crippen molar-refractivity contribution in [3.8, 4) is 5.75 Å². The first-order chi connectivity index (χ1) is 11.6. The molecule has 1 aliphatic heterocycles. The SMILES string of the molecule is CCCCCN1CCN(CCOc2cc(C(C)C)ccc2C)CC1. The minimum atomic E-state index is 0.550. The molecular formula is C21H36N2O. The maximum atomic E-state index is 6.08. The lowest BCUT2D eigenvalue weighted by Gasteiger charge is -2.34. The van der Waals surface area contributed by atoms with Crippen molar-refractivity contribution in [1.29, 1.82) is 0 Å². The van der Waals surface area contributed by atoms with Crippen molar-refractivity contribution in [2.45, 2.75) is 52.9 Å². The molecule has 1 aromatic carbocycles. The predicted molar refractivity (Wildman–Crippen MR) is 103 cm³/mol. The van der Waals surface area contributed by atoms with E-state index in [4.69, 9.17) is 4.74 Å². The van der Waals surface area contributed by atoms with Crippen LogP contribution in [0.3, 0.4) is 0 Å². The number of hydrogen-bond acceptors (Lipinski definition) is 3. The third-order valence-electron chi connectivity index (χ3n) is 5.09. The molecule has 0 spiro atoms. The van der Waals surface area contributed by atoms with E-state index in [2.05, 4.69) is 55.7 Å². The molecule has 2 rings (SSSR count). The maximum Gasteiger partial charge on any atom is 0.122 e. The Kier molecular flexibility index (Phi) is 8.07. The van der Waals surface area contributed by atoms with Gasteiger partial charge in [0.15, 0.2) is 0 Å². The lowest BCUT2D eigenvalue weighted by atomic mass is 10.0. The van der Waals surface area contributed by atoms with Crippen molar-refractivity contribution in [2.24, 2.45) is 0 Å². The highest BCUT2D eigenvalue weighted by Crippen LogP contribution is 2.24. The molecule has 0 N–H and O–H groups in total. The highest BCUT2D eigenvalue weighted by Gasteiger charge is 2.16. The zero-order valence-electron chi connectivity index (χ0n) is 16.2. The van der Waals surface area contributed by atoms with Crippen LogP contribution in [0.15, 0.2) is 18.2 Å². The van der Waals surface area contributed by atoms with Crippen LogP contribution < -0.4 is 4.74 Å². The fraction of sp³-hybridized carbons (Fsp3) is 0.714. The molecule has 0 unspecified atom stereocenters. The quantitative estimate of drug-likeness (QED) is 0.627. The second kappa shape index (κ2) is 10.0. The molecule has 0 aliphatic carbocycles. The minimum Gasteiger partial charge on any atom is -0.492 e. The maximum absolute atomic E-state index is 6.08. The van der Waals surface area contributed by atoms with E-state index in [-0.39, 0.29) is 0 Å². The molecule has 1 heterocycles. The predicted octanol–water partition coefficient (Wildman–Crippen LogP) is 4.31. The lowest BCUT2D eigenvalue weighted by molar-refractivity contribution is 0.115. The van der Waals surface area contributed by atoms with Gasteiger partial charge in [0.05, 0.1) is 0 Å². The Bertz CT molecular complexity index is 479. The van der Waals surface area contributed by atoms with Gasteiger partial charge >= 0.3 is 0 Å². The van der Waals surface area contributed by atoms with Crippen LogP contribution >= 0.6 is 0 Å². The fourth-order valence-electron chi connectivity index (χ4n) is 3.24. The zero-order chi connectivity index (χ0) is 17.4. The second-order valence-corrected chi connectivity index (χ2v) is 7.42. The van der Waals surface area contributed by atoms with Crippen molar-refractivity contribution in [3.63, 3.8) is 0 Å². The first-order valence-electron chi connectivity index (χ1n) is 9.78. The number of hydrogen-bond donors (Lipinski definition) is 0. The highest BCUT2D eigenvalue weighted by atomic mass is 16.5. The fourth-order valence-corrected chi connectivity index (χ4v) is 3.24. The molecule has 0 saturated carbocycles. The number of aryl methyl sites for hydroxylation is 1. The van der Waals surface area contributed by atoms with Crippen LogP contribution in [0, 0.1) is 6.92 Å². The number of rotatable bonds is 9. The molecule has 0 atom stereocenters. The van der Waals surface area contributed by atoms with Crippen LogP contribution in [0.2, 0.25) is 0 Å². The monoisotopic (exact) mass is 332 g/mol. The number of benzene rings is 1. The number of ether oxygens (including phenoxy) is 1. The van der Waals surface area contributed by atoms with E-state index < -0.39 is 0 Å². The summed E-state index contributed by atoms with van der Waals surface area (Å²) in [6.07, 6.45) is 4.03. The number of nitrogens with zero attached hydrogens (tertiary/aromatic N) is 2. The summed E-state index contributed by atoms with van der Waals surface area (Å²) in [5.41, 5.74) is 2.59. The topological polar surface area (TPSA) is 15.7 Å². The van der Waals surface area contributed by atoms with Crippen molar-refractivity contribution in [1.82, 2.24) is 9.80 Å². The molecule has 1 fully saturated rings. The summed E-state index contributed by atoms with van der Waals surface area (Å²) in [6, 6.07) is 6.61. The zero-order valence-corrected chi connectivity index (χ0v) is 16.2. The van der Waals surface area contributed by atoms with Crippen LogP contribution in [-0.4, -0.2) is 55.7 Å². The van der Waals surface area contributed by atoms with Crippen LogP contribution in [0.5, 0.6) is 5.75 Å². The average Bonchev–Trinajstić information content (AvgIpc) is 2.58. The Labute approximate surface area is 149 Å². The second-order valence-electron chi connectivity index (χ2n) is 7.42. The van der Waals surface area contributed by atoms with E-state index in [1.807, 2.05) is 0 Å². The molecule has 0 radical (unpaired) electrons. The van der Waals surface area contributed by atoms with E-state index in [0.29, 0.717) is 5.92 Å². The van der Waals surface area contributed by atoms with Gasteiger partial charge in [-0.05, 0) is 43.0 Å². The number of piperazine rings is 1. The summed E-state index contributed by atoms with van der Waals surface area (Å²) in [7, 11) is 0. The summed E-state index contributed by atoms with van der Waals surface area (Å²) >= 11 is 0. The molecular weight excluding hydrogens is 296 g/mol. The molecule has 1 saturated heterocycles. The Morgan fingerprint density at radius 1 is 1.00 bits per heavy atom. The Hall–Kier alpha value is -1.06. The van der Waals surface area contributed by atoms with Gasteiger partial charge in [0.25, 0.3) is 0 Å². The molecule has 0 aromatic heterocycles. The van der Waals surface area contributed by atoms with Gasteiger partial charge in [-0.1, -0.05) is 45.7 Å². The van der Waals surface area contributed by atoms with Crippen LogP contribution in [0.1, 0.15) is 57.1 Å². The molecule has 24 heavy (non-hydrogen) atoms. The van der Waals surface area contributed by atoms with Gasteiger partial charge in [0, 0.05) is 32.7 Å². The third-order valence-corrected chi connectivity index (χ3v) is 5.09. The van der Waals surface area contributed by atoms with Crippen molar-refractivity contribution < 1.29 is 4.74 Å². The van der Waals surface area contributed by atoms with Gasteiger partial charge < -0.3 is 9.64 Å². The summed E-state index contributed by atoms with van der Waals surface area (Å²) < 4.78 is 6.08. The third kappa shape index (κ3) is 6.10. The molecule has 1 aliphatic rings. The largest absolute Gasteiger partial charge is 0.492 e. The van der Waals surface area contributed by atoms with Gasteiger partial charge in [-0.15, -0.1) is 0 Å². The van der Waals surface area contributed by atoms with E-state index in [1.165, 1.54) is 63.1 Å². The van der Waals surface area contributed by atoms with Gasteiger partial charge in [-0.3, -0.25) is 4.90 Å². The smallest absolute Gasteiger partial charge is 0.122 e. The van der Waals surface area contributed by atoms with Crippen LogP contribution in [-0.2, 0) is 0 Å². The van der Waals surface area contributed by atoms with Crippen molar-refractivity contribution in [3.05, 3.63) is 29.3 Å². The van der Waals surface area contributed by atoms with E-state index >= 15 is 0 Å². The van der Waals surface area contributed by atoms with Gasteiger partial charge in [-0.2, -0.15) is 0 Å². The molecule has 3 heteroatoms. The highest BCUT2D eigenvalue weighted by molar-refractivity contribution is 5.37. The van der Waals surface area contributed by atoms with E-state index in [1.54, 1.807) is 0 Å². The molecule has 0 amide bonds. The first-order valence-corrected chi connectivity index (χ1v) is 9.78. The van der Waals surface area contributed by atoms with E-state index in [9.17, 15) is 0 Å². The Balaban J connectivity index is 1.69. The van der Waals surface area contributed by atoms with Crippen molar-refractivity contribution in [2.75, 3.05) is 45.9 Å². The standard InChI is InChI=1S/C21H36N2O/c1-5-6-7-10-22-11-13-23(14-12-22)15-16-24-21-17-20(18(2)3)9-8-19(21)4/h8-9,17-18H,5-7,10-16H2,1-4H3. The first kappa shape index (κ1) is 19.3. The summed E-state index contributed by atoms with van der Waals surface area (Å²) in [4.78, 5) is 5.15. The Morgan fingerprint density at radius 2 is 1.67 bits per heavy atom. The average molecular weight is 333 g/mol. The molecule has 0 bridgehead atoms. The normalized spacial score (nSPS) is 16.7. The lowest BCUT2D eigenvalue weighted by Crippen LogP contribution is -2.47. The summed E-state index contributed by atoms with van der Waals surface area (Å²) in [5, 5.41) is 0. The van der Waals surface area contributed by atoms with Crippen LogP contribution in [0.4, 0.5) is 0 Å².